The highest BCUT2D eigenvalue weighted by molar-refractivity contribution is 7.91. The maximum Gasteiger partial charge on any atom is 0.248 e. The Morgan fingerprint density at radius 1 is 1.39 bits per heavy atom. The largest absolute Gasteiger partial charge is 0.250 e. The van der Waals surface area contributed by atoms with Crippen LogP contribution in [0.4, 0.5) is 0 Å². The molecule has 94 valence electrons. The summed E-state index contributed by atoms with van der Waals surface area (Å²) >= 11 is 1.34. The Hall–Kier alpha value is -1.74. The molecule has 0 aliphatic rings. The van der Waals surface area contributed by atoms with Crippen LogP contribution in [0.1, 0.15) is 11.4 Å². The number of sulfone groups is 1. The van der Waals surface area contributed by atoms with E-state index in [1.807, 2.05) is 12.3 Å². The van der Waals surface area contributed by atoms with Crippen LogP contribution in [0.25, 0.3) is 4.83 Å². The monoisotopic (exact) mass is 283 g/mol. The van der Waals surface area contributed by atoms with E-state index in [1.54, 1.807) is 11.4 Å². The fourth-order valence-corrected chi connectivity index (χ4v) is 4.45. The molecule has 3 rings (SSSR count). The minimum Gasteiger partial charge on any atom is -0.250 e. The third-order valence-corrected chi connectivity index (χ3v) is 5.48. The molecule has 1 N–H and O–H groups in total. The highest BCUT2D eigenvalue weighted by atomic mass is 32.2. The minimum absolute atomic E-state index is 0.161. The number of aromatic nitrogens is 5. The molecule has 0 atom stereocenters. The van der Waals surface area contributed by atoms with E-state index in [2.05, 4.69) is 20.3 Å². The van der Waals surface area contributed by atoms with E-state index < -0.39 is 9.84 Å². The van der Waals surface area contributed by atoms with Gasteiger partial charge >= 0.3 is 0 Å². The summed E-state index contributed by atoms with van der Waals surface area (Å²) < 4.78 is 26.5. The van der Waals surface area contributed by atoms with Crippen molar-refractivity contribution in [3.8, 4) is 0 Å². The van der Waals surface area contributed by atoms with Gasteiger partial charge in [-0.05, 0) is 13.8 Å². The molecule has 0 saturated heterocycles. The zero-order valence-corrected chi connectivity index (χ0v) is 11.2. The molecule has 0 amide bonds. The lowest BCUT2D eigenvalue weighted by molar-refractivity contribution is 0.588. The van der Waals surface area contributed by atoms with Gasteiger partial charge in [0.2, 0.25) is 15.0 Å². The quantitative estimate of drug-likeness (QED) is 0.756. The van der Waals surface area contributed by atoms with E-state index in [4.69, 9.17) is 0 Å². The van der Waals surface area contributed by atoms with Gasteiger partial charge in [-0.15, -0.1) is 11.3 Å². The standard InChI is InChI=1S/C9H9N5O2S2/c1-5-3-17-8-7(6(2)13-14(5)8)18(15,16)9-10-4-11-12-9/h3-4H,1-2H3,(H,10,11,12). The van der Waals surface area contributed by atoms with E-state index in [1.165, 1.54) is 17.7 Å². The van der Waals surface area contributed by atoms with Crippen molar-refractivity contribution in [3.05, 3.63) is 23.1 Å². The van der Waals surface area contributed by atoms with Crippen LogP contribution < -0.4 is 0 Å². The smallest absolute Gasteiger partial charge is 0.248 e. The van der Waals surface area contributed by atoms with Crippen molar-refractivity contribution < 1.29 is 8.42 Å². The predicted octanol–water partition coefficient (Wildman–Crippen LogP) is 0.964. The van der Waals surface area contributed by atoms with Crippen LogP contribution in [-0.4, -0.2) is 33.2 Å². The van der Waals surface area contributed by atoms with Crippen LogP contribution in [0, 0.1) is 13.8 Å². The molecule has 0 aliphatic heterocycles. The number of nitrogens with zero attached hydrogens (tertiary/aromatic N) is 4. The lowest BCUT2D eigenvalue weighted by Crippen LogP contribution is -2.05. The first kappa shape index (κ1) is 11.4. The van der Waals surface area contributed by atoms with Crippen molar-refractivity contribution in [3.63, 3.8) is 0 Å². The van der Waals surface area contributed by atoms with Crippen molar-refractivity contribution in [2.24, 2.45) is 0 Å². The molecule has 0 aliphatic carbocycles. The van der Waals surface area contributed by atoms with Crippen molar-refractivity contribution >= 4 is 26.0 Å². The van der Waals surface area contributed by atoms with Gasteiger partial charge in [-0.25, -0.2) is 23.0 Å². The summed E-state index contributed by atoms with van der Waals surface area (Å²) in [7, 11) is -3.70. The van der Waals surface area contributed by atoms with Gasteiger partial charge in [0.25, 0.3) is 0 Å². The van der Waals surface area contributed by atoms with Gasteiger partial charge < -0.3 is 0 Å². The van der Waals surface area contributed by atoms with Gasteiger partial charge in [-0.2, -0.15) is 10.2 Å². The number of fused-ring (bicyclic) bond motifs is 1. The van der Waals surface area contributed by atoms with Gasteiger partial charge in [-0.1, -0.05) is 0 Å². The number of hydrogen-bond acceptors (Lipinski definition) is 6. The Morgan fingerprint density at radius 3 is 2.83 bits per heavy atom. The molecular formula is C9H9N5O2S2. The van der Waals surface area contributed by atoms with E-state index in [-0.39, 0.29) is 10.1 Å². The first-order chi connectivity index (χ1) is 8.51. The maximum absolute atomic E-state index is 12.4. The molecule has 0 unspecified atom stereocenters. The summed E-state index contributed by atoms with van der Waals surface area (Å²) in [6, 6.07) is 0. The average molecular weight is 283 g/mol. The normalized spacial score (nSPS) is 12.3. The number of aryl methyl sites for hydroxylation is 2. The maximum atomic E-state index is 12.4. The highest BCUT2D eigenvalue weighted by Gasteiger charge is 2.29. The third-order valence-electron chi connectivity index (χ3n) is 2.56. The number of hydrogen-bond donors (Lipinski definition) is 1. The molecule has 3 heterocycles. The zero-order chi connectivity index (χ0) is 12.9. The fourth-order valence-electron chi connectivity index (χ4n) is 1.76. The van der Waals surface area contributed by atoms with Crippen molar-refractivity contribution in [2.45, 2.75) is 23.9 Å². The number of H-pyrrole nitrogens is 1. The van der Waals surface area contributed by atoms with Crippen molar-refractivity contribution in [2.75, 3.05) is 0 Å². The van der Waals surface area contributed by atoms with Crippen molar-refractivity contribution in [1.29, 1.82) is 0 Å². The van der Waals surface area contributed by atoms with Crippen LogP contribution in [0.2, 0.25) is 0 Å². The topological polar surface area (TPSA) is 93.0 Å². The minimum atomic E-state index is -3.70. The molecule has 0 aromatic carbocycles. The van der Waals surface area contributed by atoms with Crippen LogP contribution in [0.5, 0.6) is 0 Å². The number of nitrogens with one attached hydrogen (secondary N) is 1. The van der Waals surface area contributed by atoms with Crippen LogP contribution in [0.3, 0.4) is 0 Å². The van der Waals surface area contributed by atoms with Gasteiger partial charge in [-0.3, -0.25) is 0 Å². The summed E-state index contributed by atoms with van der Waals surface area (Å²) in [4.78, 5) is 4.50. The average Bonchev–Trinajstić information content (AvgIpc) is 2.97. The Kier molecular flexibility index (Phi) is 2.29. The number of thiazole rings is 1. The van der Waals surface area contributed by atoms with Gasteiger partial charge in [0.1, 0.15) is 16.1 Å². The van der Waals surface area contributed by atoms with E-state index in [0.29, 0.717) is 10.5 Å². The Bertz CT molecular complexity index is 813. The first-order valence-electron chi connectivity index (χ1n) is 5.05. The molecule has 0 spiro atoms. The molecule has 3 aromatic rings. The molecule has 0 fully saturated rings. The number of aromatic amines is 1. The highest BCUT2D eigenvalue weighted by Crippen LogP contribution is 2.30. The second kappa shape index (κ2) is 3.62. The Balaban J connectivity index is 2.36. The summed E-state index contributed by atoms with van der Waals surface area (Å²) in [5, 5.41) is 11.9. The summed E-state index contributed by atoms with van der Waals surface area (Å²) in [6.45, 7) is 3.54. The summed E-state index contributed by atoms with van der Waals surface area (Å²) in [5.41, 5.74) is 1.36. The van der Waals surface area contributed by atoms with E-state index in [9.17, 15) is 8.42 Å². The molecule has 7 nitrogen and oxygen atoms in total. The first-order valence-corrected chi connectivity index (χ1v) is 7.42. The van der Waals surface area contributed by atoms with Gasteiger partial charge in [0.15, 0.2) is 0 Å². The predicted molar refractivity (Wildman–Crippen MR) is 64.4 cm³/mol. The Labute approximate surface area is 106 Å². The molecule has 0 radical (unpaired) electrons. The second-order valence-corrected chi connectivity index (χ2v) is 6.46. The molecule has 3 aromatic heterocycles. The molecule has 9 heteroatoms. The second-order valence-electron chi connectivity index (χ2n) is 3.80. The lowest BCUT2D eigenvalue weighted by Gasteiger charge is -1.97. The summed E-state index contributed by atoms with van der Waals surface area (Å²) in [5.74, 6) is 0. The molecule has 0 saturated carbocycles. The number of rotatable bonds is 2. The van der Waals surface area contributed by atoms with E-state index >= 15 is 0 Å². The lowest BCUT2D eigenvalue weighted by atomic mass is 10.5. The SMILES string of the molecule is Cc1nn2c(C)csc2c1S(=O)(=O)c1ncn[nH]1. The third kappa shape index (κ3) is 1.40. The van der Waals surface area contributed by atoms with Gasteiger partial charge in [0.05, 0.1) is 11.4 Å². The Morgan fingerprint density at radius 2 is 2.17 bits per heavy atom. The molecule has 18 heavy (non-hydrogen) atoms. The molecular weight excluding hydrogens is 274 g/mol. The molecule has 0 bridgehead atoms. The zero-order valence-electron chi connectivity index (χ0n) is 9.58. The van der Waals surface area contributed by atoms with Crippen LogP contribution in [0.15, 0.2) is 21.8 Å². The fraction of sp³-hybridized carbons (Fsp3) is 0.222. The van der Waals surface area contributed by atoms with Crippen LogP contribution >= 0.6 is 11.3 Å². The summed E-state index contributed by atoms with van der Waals surface area (Å²) in [6.07, 6.45) is 1.17. The van der Waals surface area contributed by atoms with Crippen LogP contribution in [-0.2, 0) is 9.84 Å². The van der Waals surface area contributed by atoms with E-state index in [0.717, 1.165) is 5.69 Å². The van der Waals surface area contributed by atoms with Crippen molar-refractivity contribution in [1.82, 2.24) is 24.8 Å². The van der Waals surface area contributed by atoms with Gasteiger partial charge in [0, 0.05) is 5.38 Å².